The summed E-state index contributed by atoms with van der Waals surface area (Å²) in [6.45, 7) is 9.52. The topological polar surface area (TPSA) is 20.2 Å². The molecular weight excluding hydrogens is 196 g/mol. The summed E-state index contributed by atoms with van der Waals surface area (Å²) in [5, 5.41) is 10.6. The minimum Gasteiger partial charge on any atom is -0.392 e. The van der Waals surface area contributed by atoms with Gasteiger partial charge in [-0.1, -0.05) is 32.4 Å². The Balaban J connectivity index is 2.21. The number of rotatable bonds is 0. The Morgan fingerprint density at radius 1 is 1.25 bits per heavy atom. The number of hydrogen-bond acceptors (Lipinski definition) is 1. The van der Waals surface area contributed by atoms with Gasteiger partial charge in [0.05, 0.1) is 6.10 Å². The van der Waals surface area contributed by atoms with Gasteiger partial charge in [-0.25, -0.2) is 0 Å². The van der Waals surface area contributed by atoms with Crippen LogP contribution in [0, 0.1) is 28.6 Å². The van der Waals surface area contributed by atoms with E-state index in [1.165, 1.54) is 12.8 Å². The van der Waals surface area contributed by atoms with Crippen molar-refractivity contribution >= 4 is 0 Å². The van der Waals surface area contributed by atoms with E-state index in [9.17, 15) is 5.11 Å². The normalized spacial score (nSPS) is 53.7. The maximum Gasteiger partial charge on any atom is 0.0613 e. The second-order valence-electron chi connectivity index (χ2n) is 6.90. The average molecular weight is 220 g/mol. The van der Waals surface area contributed by atoms with Crippen molar-refractivity contribution in [1.82, 2.24) is 0 Å². The highest BCUT2D eigenvalue weighted by Crippen LogP contribution is 2.73. The lowest BCUT2D eigenvalue weighted by atomic mass is 9.51. The van der Waals surface area contributed by atoms with E-state index in [0.717, 1.165) is 12.3 Å². The van der Waals surface area contributed by atoms with Crippen LogP contribution in [0.2, 0.25) is 0 Å². The van der Waals surface area contributed by atoms with E-state index < -0.39 is 0 Å². The lowest BCUT2D eigenvalue weighted by molar-refractivity contribution is -0.0117. The number of aliphatic hydroxyl groups excluding tert-OH is 1. The second kappa shape index (κ2) is 2.93. The van der Waals surface area contributed by atoms with Crippen molar-refractivity contribution in [3.8, 4) is 0 Å². The van der Waals surface area contributed by atoms with E-state index in [-0.39, 0.29) is 11.5 Å². The molecule has 0 aliphatic heterocycles. The molecule has 90 valence electrons. The summed E-state index contributed by atoms with van der Waals surface area (Å²) < 4.78 is 0. The van der Waals surface area contributed by atoms with Crippen molar-refractivity contribution in [2.24, 2.45) is 28.6 Å². The van der Waals surface area contributed by atoms with Crippen LogP contribution in [-0.4, -0.2) is 11.2 Å². The molecule has 0 aromatic carbocycles. The van der Waals surface area contributed by atoms with Crippen molar-refractivity contribution in [2.75, 3.05) is 0 Å². The Kier molecular flexibility index (Phi) is 1.98. The van der Waals surface area contributed by atoms with Crippen LogP contribution in [-0.2, 0) is 0 Å². The minimum atomic E-state index is -0.0614. The molecule has 2 fully saturated rings. The Morgan fingerprint density at radius 3 is 2.62 bits per heavy atom. The molecule has 3 aliphatic carbocycles. The molecule has 1 heteroatoms. The summed E-state index contributed by atoms with van der Waals surface area (Å²) in [5.74, 6) is 1.77. The van der Waals surface area contributed by atoms with Gasteiger partial charge in [0.2, 0.25) is 0 Å². The molecule has 2 bridgehead atoms. The van der Waals surface area contributed by atoms with Gasteiger partial charge in [0, 0.05) is 5.41 Å². The summed E-state index contributed by atoms with van der Waals surface area (Å²) in [5.41, 5.74) is 2.15. The quantitative estimate of drug-likeness (QED) is 0.620. The van der Waals surface area contributed by atoms with Gasteiger partial charge >= 0.3 is 0 Å². The molecule has 0 saturated heterocycles. The first-order chi connectivity index (χ1) is 7.44. The molecule has 0 amide bonds. The van der Waals surface area contributed by atoms with Crippen molar-refractivity contribution < 1.29 is 5.11 Å². The molecule has 0 radical (unpaired) electrons. The van der Waals surface area contributed by atoms with E-state index in [2.05, 4.69) is 33.8 Å². The zero-order valence-electron chi connectivity index (χ0n) is 11.0. The smallest absolute Gasteiger partial charge is 0.0613 e. The number of aliphatic hydroxyl groups is 1. The van der Waals surface area contributed by atoms with Gasteiger partial charge in [-0.05, 0) is 49.4 Å². The summed E-state index contributed by atoms with van der Waals surface area (Å²) >= 11 is 0. The third-order valence-corrected chi connectivity index (χ3v) is 6.42. The van der Waals surface area contributed by atoms with Crippen molar-refractivity contribution in [1.29, 1.82) is 0 Å². The van der Waals surface area contributed by atoms with Gasteiger partial charge in [0.15, 0.2) is 0 Å². The fraction of sp³-hybridized carbons (Fsp3) is 0.867. The van der Waals surface area contributed by atoms with Gasteiger partial charge in [-0.15, -0.1) is 0 Å². The predicted octanol–water partition coefficient (Wildman–Crippen LogP) is 3.39. The first-order valence-corrected chi connectivity index (χ1v) is 6.79. The molecule has 1 N–H and O–H groups in total. The first-order valence-electron chi connectivity index (χ1n) is 6.79. The summed E-state index contributed by atoms with van der Waals surface area (Å²) in [6.07, 6.45) is 5.96. The van der Waals surface area contributed by atoms with E-state index in [1.807, 2.05) is 0 Å². The Bertz CT molecular complexity index is 354. The molecule has 5 atom stereocenters. The predicted molar refractivity (Wildman–Crippen MR) is 66.0 cm³/mol. The number of allylic oxidation sites excluding steroid dienone is 2. The van der Waals surface area contributed by atoms with Crippen LogP contribution in [0.3, 0.4) is 0 Å². The Morgan fingerprint density at radius 2 is 1.94 bits per heavy atom. The molecule has 1 spiro atoms. The first kappa shape index (κ1) is 10.8. The molecule has 3 aliphatic rings. The lowest BCUT2D eigenvalue weighted by Gasteiger charge is -2.53. The summed E-state index contributed by atoms with van der Waals surface area (Å²) in [4.78, 5) is 0. The van der Waals surface area contributed by atoms with Crippen LogP contribution in [0.5, 0.6) is 0 Å². The molecule has 3 rings (SSSR count). The highest BCUT2D eigenvalue weighted by molar-refractivity contribution is 5.33. The van der Waals surface area contributed by atoms with Gasteiger partial charge in [-0.3, -0.25) is 0 Å². The van der Waals surface area contributed by atoms with Crippen LogP contribution in [0.1, 0.15) is 47.0 Å². The highest BCUT2D eigenvalue weighted by Gasteiger charge is 2.69. The average Bonchev–Trinajstić information content (AvgIpc) is 2.57. The fourth-order valence-corrected chi connectivity index (χ4v) is 5.94. The second-order valence-corrected chi connectivity index (χ2v) is 6.90. The molecule has 16 heavy (non-hydrogen) atoms. The van der Waals surface area contributed by atoms with E-state index >= 15 is 0 Å². The van der Waals surface area contributed by atoms with Gasteiger partial charge in [0.1, 0.15) is 0 Å². The van der Waals surface area contributed by atoms with E-state index in [1.54, 1.807) is 5.57 Å². The zero-order chi connectivity index (χ0) is 11.7. The molecular formula is C15H24O. The number of hydrogen-bond donors (Lipinski definition) is 1. The van der Waals surface area contributed by atoms with Crippen LogP contribution >= 0.6 is 0 Å². The van der Waals surface area contributed by atoms with Crippen LogP contribution < -0.4 is 0 Å². The third-order valence-electron chi connectivity index (χ3n) is 6.42. The molecule has 0 heterocycles. The molecule has 2 saturated carbocycles. The van der Waals surface area contributed by atoms with Crippen LogP contribution in [0.25, 0.3) is 0 Å². The van der Waals surface area contributed by atoms with Crippen molar-refractivity contribution in [3.63, 3.8) is 0 Å². The Hall–Kier alpha value is -0.300. The van der Waals surface area contributed by atoms with Crippen molar-refractivity contribution in [3.05, 3.63) is 11.6 Å². The summed E-state index contributed by atoms with van der Waals surface area (Å²) in [7, 11) is 0. The maximum atomic E-state index is 10.6. The lowest BCUT2D eigenvalue weighted by Crippen LogP contribution is -2.47. The Labute approximate surface area is 98.9 Å². The summed E-state index contributed by atoms with van der Waals surface area (Å²) in [6, 6.07) is 0. The minimum absolute atomic E-state index is 0.0614. The van der Waals surface area contributed by atoms with E-state index in [0.29, 0.717) is 17.3 Å². The van der Waals surface area contributed by atoms with E-state index in [4.69, 9.17) is 0 Å². The van der Waals surface area contributed by atoms with Crippen LogP contribution in [0.15, 0.2) is 11.6 Å². The van der Waals surface area contributed by atoms with Gasteiger partial charge in [-0.2, -0.15) is 0 Å². The largest absolute Gasteiger partial charge is 0.392 e. The van der Waals surface area contributed by atoms with Gasteiger partial charge < -0.3 is 5.11 Å². The highest BCUT2D eigenvalue weighted by atomic mass is 16.3. The third kappa shape index (κ3) is 0.860. The molecule has 5 unspecified atom stereocenters. The van der Waals surface area contributed by atoms with Gasteiger partial charge in [0.25, 0.3) is 0 Å². The zero-order valence-corrected chi connectivity index (χ0v) is 11.0. The molecule has 1 nitrogen and oxygen atoms in total. The van der Waals surface area contributed by atoms with Crippen molar-refractivity contribution in [2.45, 2.75) is 53.1 Å². The SMILES string of the molecule is CC1=CCC2C(O)C3CCC(C)C12C3(C)C. The monoisotopic (exact) mass is 220 g/mol. The number of fused-ring (bicyclic) bond motifs is 1. The molecule has 0 aromatic rings. The standard InChI is InChI=1S/C15H24O/c1-9-5-7-11-13(16)12-8-6-10(2)15(9,12)14(11,3)4/h6,9,11-13,16H,5,7-8H2,1-4H3. The maximum absolute atomic E-state index is 10.6. The van der Waals surface area contributed by atoms with Crippen LogP contribution in [0.4, 0.5) is 0 Å². The molecule has 0 aromatic heterocycles. The fourth-order valence-electron chi connectivity index (χ4n) is 5.94.